The van der Waals surface area contributed by atoms with Crippen LogP contribution < -0.4 is 13.9 Å². The summed E-state index contributed by atoms with van der Waals surface area (Å²) in [6.07, 6.45) is 0. The molecule has 2 aromatic carbocycles. The fourth-order valence-corrected chi connectivity index (χ4v) is 4.57. The molecule has 29 heavy (non-hydrogen) atoms. The molecule has 0 unspecified atom stereocenters. The molecule has 1 heterocycles. The second kappa shape index (κ2) is 8.79. The van der Waals surface area contributed by atoms with Gasteiger partial charge in [-0.3, -0.25) is 9.10 Å². The van der Waals surface area contributed by atoms with E-state index in [1.54, 1.807) is 29.2 Å². The highest BCUT2D eigenvalue weighted by atomic mass is 32.2. The van der Waals surface area contributed by atoms with Crippen molar-refractivity contribution in [2.45, 2.75) is 4.90 Å². The van der Waals surface area contributed by atoms with Crippen LogP contribution in [0, 0.1) is 5.82 Å². The molecule has 1 fully saturated rings. The van der Waals surface area contributed by atoms with E-state index in [0.29, 0.717) is 24.5 Å². The first-order valence-electron chi connectivity index (χ1n) is 9.32. The van der Waals surface area contributed by atoms with Crippen LogP contribution in [0.1, 0.15) is 0 Å². The summed E-state index contributed by atoms with van der Waals surface area (Å²) >= 11 is 0. The van der Waals surface area contributed by atoms with E-state index in [1.165, 1.54) is 24.1 Å². The Labute approximate surface area is 170 Å². The molecule has 0 atom stereocenters. The Morgan fingerprint density at radius 3 is 2.24 bits per heavy atom. The topological polar surface area (TPSA) is 71.4 Å². The quantitative estimate of drug-likeness (QED) is 0.731. The van der Waals surface area contributed by atoms with Gasteiger partial charge >= 0.3 is 0 Å². The maximum absolute atomic E-state index is 13.3. The summed E-state index contributed by atoms with van der Waals surface area (Å²) in [6, 6.07) is 11.0. The van der Waals surface area contributed by atoms with E-state index < -0.39 is 15.8 Å². The van der Waals surface area contributed by atoms with Gasteiger partial charge in [0.25, 0.3) is 10.0 Å². The van der Waals surface area contributed by atoms with Crippen molar-refractivity contribution in [1.29, 1.82) is 0 Å². The lowest BCUT2D eigenvalue weighted by molar-refractivity contribution is -0.883. The molecule has 3 rings (SSSR count). The van der Waals surface area contributed by atoms with Gasteiger partial charge in [-0.2, -0.15) is 0 Å². The van der Waals surface area contributed by atoms with Crippen LogP contribution in [0.25, 0.3) is 0 Å². The average molecular weight is 423 g/mol. The molecule has 1 N–H and O–H groups in total. The van der Waals surface area contributed by atoms with Crippen LogP contribution in [0.3, 0.4) is 0 Å². The molecular weight excluding hydrogens is 397 g/mol. The number of sulfonamides is 1. The van der Waals surface area contributed by atoms with Crippen LogP contribution in [0.15, 0.2) is 53.4 Å². The number of ether oxygens (including phenoxy) is 1. The lowest BCUT2D eigenvalue weighted by Gasteiger charge is -2.32. The van der Waals surface area contributed by atoms with Crippen LogP contribution in [0.4, 0.5) is 10.1 Å². The Bertz CT molecular complexity index is 941. The number of rotatable bonds is 6. The molecule has 7 nitrogen and oxygen atoms in total. The molecule has 9 heteroatoms. The maximum Gasteiger partial charge on any atom is 0.264 e. The Kier molecular flexibility index (Phi) is 6.39. The molecule has 156 valence electrons. The van der Waals surface area contributed by atoms with Crippen LogP contribution in [-0.2, 0) is 14.8 Å². The SMILES string of the molecule is COc1ccc(N(CC(=O)N2CC[NH+](C)CC2)S(=O)(=O)c2ccc(F)cc2)cc1. The Morgan fingerprint density at radius 2 is 1.69 bits per heavy atom. The Morgan fingerprint density at radius 1 is 1.10 bits per heavy atom. The maximum atomic E-state index is 13.3. The van der Waals surface area contributed by atoms with E-state index in [1.807, 2.05) is 0 Å². The van der Waals surface area contributed by atoms with E-state index in [9.17, 15) is 17.6 Å². The normalized spacial score (nSPS) is 15.2. The zero-order chi connectivity index (χ0) is 21.0. The molecule has 0 aromatic heterocycles. The summed E-state index contributed by atoms with van der Waals surface area (Å²) in [5.74, 6) is -0.226. The van der Waals surface area contributed by atoms with Crippen molar-refractivity contribution in [3.8, 4) is 5.75 Å². The minimum Gasteiger partial charge on any atom is -0.497 e. The highest BCUT2D eigenvalue weighted by Gasteiger charge is 2.30. The number of piperazine rings is 1. The number of methoxy groups -OCH3 is 1. The standard InChI is InChI=1S/C20H24FN3O4S/c1-22-11-13-23(14-12-22)20(25)15-24(17-5-7-18(28-2)8-6-17)29(26,27)19-9-3-16(21)4-10-19/h3-10H,11-15H2,1-2H3/p+1. The molecule has 1 aliphatic heterocycles. The molecule has 0 saturated carbocycles. The predicted octanol–water partition coefficient (Wildman–Crippen LogP) is 0.387. The first-order valence-corrected chi connectivity index (χ1v) is 10.8. The van der Waals surface area contributed by atoms with Gasteiger partial charge in [-0.25, -0.2) is 12.8 Å². The monoisotopic (exact) mass is 422 g/mol. The number of amides is 1. The average Bonchev–Trinajstić information content (AvgIpc) is 2.72. The second-order valence-corrected chi connectivity index (χ2v) is 8.86. The first kappa shape index (κ1) is 21.1. The van der Waals surface area contributed by atoms with Gasteiger partial charge < -0.3 is 14.5 Å². The molecule has 0 bridgehead atoms. The molecule has 0 spiro atoms. The lowest BCUT2D eigenvalue weighted by atomic mass is 10.3. The molecule has 0 radical (unpaired) electrons. The van der Waals surface area contributed by atoms with Crippen LogP contribution in [0.2, 0.25) is 0 Å². The number of anilines is 1. The number of nitrogens with one attached hydrogen (secondary N) is 1. The van der Waals surface area contributed by atoms with E-state index in [0.717, 1.165) is 29.5 Å². The fourth-order valence-electron chi connectivity index (χ4n) is 3.16. The number of carbonyl (C=O) groups excluding carboxylic acids is 1. The molecule has 1 amide bonds. The molecule has 1 saturated heterocycles. The highest BCUT2D eigenvalue weighted by molar-refractivity contribution is 7.92. The van der Waals surface area contributed by atoms with Crippen molar-refractivity contribution in [1.82, 2.24) is 4.90 Å². The zero-order valence-electron chi connectivity index (χ0n) is 16.5. The van der Waals surface area contributed by atoms with Gasteiger partial charge in [0.1, 0.15) is 18.1 Å². The van der Waals surface area contributed by atoms with Gasteiger partial charge in [0.05, 0.1) is 50.9 Å². The predicted molar refractivity (Wildman–Crippen MR) is 107 cm³/mol. The summed E-state index contributed by atoms with van der Waals surface area (Å²) in [7, 11) is -0.487. The Hall–Kier alpha value is -2.65. The van der Waals surface area contributed by atoms with Crippen LogP contribution >= 0.6 is 0 Å². The third-order valence-corrected chi connectivity index (χ3v) is 6.80. The van der Waals surface area contributed by atoms with Crippen molar-refractivity contribution in [3.63, 3.8) is 0 Å². The van der Waals surface area contributed by atoms with Gasteiger partial charge in [-0.1, -0.05) is 0 Å². The van der Waals surface area contributed by atoms with Crippen LogP contribution in [0.5, 0.6) is 5.75 Å². The highest BCUT2D eigenvalue weighted by Crippen LogP contribution is 2.26. The smallest absolute Gasteiger partial charge is 0.264 e. The van der Waals surface area contributed by atoms with Crippen molar-refractivity contribution in [2.75, 3.05) is 51.2 Å². The minimum absolute atomic E-state index is 0.0784. The third kappa shape index (κ3) is 4.86. The number of carbonyl (C=O) groups is 1. The van der Waals surface area contributed by atoms with Gasteiger partial charge in [0, 0.05) is 0 Å². The molecular formula is C20H25FN3O4S+. The molecule has 2 aromatic rings. The largest absolute Gasteiger partial charge is 0.497 e. The summed E-state index contributed by atoms with van der Waals surface area (Å²) in [5.41, 5.74) is 0.336. The number of halogens is 1. The van der Waals surface area contributed by atoms with Gasteiger partial charge in [-0.15, -0.1) is 0 Å². The number of nitrogens with zero attached hydrogens (tertiary/aromatic N) is 2. The third-order valence-electron chi connectivity index (χ3n) is 5.01. The van der Waals surface area contributed by atoms with E-state index >= 15 is 0 Å². The summed E-state index contributed by atoms with van der Waals surface area (Å²) in [5, 5.41) is 0. The van der Waals surface area contributed by atoms with Gasteiger partial charge in [0.2, 0.25) is 5.91 Å². The van der Waals surface area contributed by atoms with E-state index in [4.69, 9.17) is 4.74 Å². The summed E-state index contributed by atoms with van der Waals surface area (Å²) in [6.45, 7) is 2.47. The van der Waals surface area contributed by atoms with Gasteiger partial charge in [0.15, 0.2) is 0 Å². The van der Waals surface area contributed by atoms with Crippen LogP contribution in [-0.4, -0.2) is 66.1 Å². The number of benzene rings is 2. The summed E-state index contributed by atoms with van der Waals surface area (Å²) < 4.78 is 46.0. The van der Waals surface area contributed by atoms with Crippen molar-refractivity contribution in [3.05, 3.63) is 54.3 Å². The number of hydrogen-bond donors (Lipinski definition) is 1. The Balaban J connectivity index is 1.92. The zero-order valence-corrected chi connectivity index (χ0v) is 17.3. The first-order chi connectivity index (χ1) is 13.8. The number of likely N-dealkylation sites (N-methyl/N-ethyl adjacent to an activating group) is 1. The molecule has 1 aliphatic rings. The van der Waals surface area contributed by atoms with Crippen molar-refractivity contribution in [2.24, 2.45) is 0 Å². The number of hydrogen-bond acceptors (Lipinski definition) is 4. The summed E-state index contributed by atoms with van der Waals surface area (Å²) in [4.78, 5) is 15.8. The van der Waals surface area contributed by atoms with Crippen molar-refractivity contribution < 1.29 is 27.2 Å². The fraction of sp³-hybridized carbons (Fsp3) is 0.350. The molecule has 0 aliphatic carbocycles. The second-order valence-electron chi connectivity index (χ2n) is 7.00. The van der Waals surface area contributed by atoms with Gasteiger partial charge in [-0.05, 0) is 48.5 Å². The van der Waals surface area contributed by atoms with Crippen molar-refractivity contribution >= 4 is 21.6 Å². The minimum atomic E-state index is -4.06. The lowest BCUT2D eigenvalue weighted by Crippen LogP contribution is -3.12. The number of quaternary nitrogens is 1. The van der Waals surface area contributed by atoms with E-state index in [-0.39, 0.29) is 17.3 Å². The van der Waals surface area contributed by atoms with E-state index in [2.05, 4.69) is 7.05 Å².